The van der Waals surface area contributed by atoms with Gasteiger partial charge in [-0.25, -0.2) is 0 Å². The summed E-state index contributed by atoms with van der Waals surface area (Å²) >= 11 is 5.40. The van der Waals surface area contributed by atoms with Gasteiger partial charge in [0.1, 0.15) is 0 Å². The monoisotopic (exact) mass is 421 g/mol. The van der Waals surface area contributed by atoms with E-state index in [1.165, 1.54) is 12.5 Å². The van der Waals surface area contributed by atoms with E-state index < -0.39 is 0 Å². The minimum Gasteiger partial charge on any atom is -0.349 e. The van der Waals surface area contributed by atoms with E-state index in [4.69, 9.17) is 12.2 Å². The molecule has 2 aromatic rings. The molecule has 0 aromatic heterocycles. The molecule has 3 rings (SSSR count). The van der Waals surface area contributed by atoms with Crippen molar-refractivity contribution in [2.45, 2.75) is 38.1 Å². The second-order valence-electron chi connectivity index (χ2n) is 7.42. The molecule has 1 saturated carbocycles. The number of carbonyl (C=O) groups is 2. The zero-order valence-corrected chi connectivity index (χ0v) is 18.0. The van der Waals surface area contributed by atoms with Gasteiger partial charge in [0, 0.05) is 19.2 Å². The van der Waals surface area contributed by atoms with Crippen molar-refractivity contribution in [1.29, 1.82) is 0 Å². The SMILES string of the molecule is CN(C(=S)NC(=O)/C=C/c1ccccc1)c1ccccc1C(=O)NC1CCCCC1. The van der Waals surface area contributed by atoms with Crippen LogP contribution in [0.15, 0.2) is 60.7 Å². The molecule has 0 atom stereocenters. The van der Waals surface area contributed by atoms with Crippen molar-refractivity contribution in [1.82, 2.24) is 10.6 Å². The van der Waals surface area contributed by atoms with Gasteiger partial charge < -0.3 is 10.2 Å². The van der Waals surface area contributed by atoms with E-state index in [2.05, 4.69) is 10.6 Å². The summed E-state index contributed by atoms with van der Waals surface area (Å²) in [4.78, 5) is 26.8. The number of amides is 2. The Bertz CT molecular complexity index is 921. The van der Waals surface area contributed by atoms with Gasteiger partial charge in [-0.2, -0.15) is 0 Å². The lowest BCUT2D eigenvalue weighted by Gasteiger charge is -2.25. The van der Waals surface area contributed by atoms with E-state index >= 15 is 0 Å². The molecule has 2 N–H and O–H groups in total. The molecule has 156 valence electrons. The lowest BCUT2D eigenvalue weighted by atomic mass is 9.95. The Labute approximate surface area is 183 Å². The van der Waals surface area contributed by atoms with Crippen molar-refractivity contribution >= 4 is 40.9 Å². The Morgan fingerprint density at radius 1 is 1.00 bits per heavy atom. The van der Waals surface area contributed by atoms with Crippen LogP contribution in [0.3, 0.4) is 0 Å². The number of anilines is 1. The predicted octanol–water partition coefficient (Wildman–Crippen LogP) is 4.30. The summed E-state index contributed by atoms with van der Waals surface area (Å²) in [5.41, 5.74) is 2.13. The lowest BCUT2D eigenvalue weighted by molar-refractivity contribution is -0.115. The minimum absolute atomic E-state index is 0.109. The summed E-state index contributed by atoms with van der Waals surface area (Å²) in [5, 5.41) is 6.07. The Morgan fingerprint density at radius 3 is 2.40 bits per heavy atom. The van der Waals surface area contributed by atoms with Crippen LogP contribution in [0.1, 0.15) is 48.0 Å². The maximum Gasteiger partial charge on any atom is 0.253 e. The average molecular weight is 422 g/mol. The molecule has 0 bridgehead atoms. The molecule has 2 amide bonds. The predicted molar refractivity (Wildman–Crippen MR) is 125 cm³/mol. The Balaban J connectivity index is 1.64. The summed E-state index contributed by atoms with van der Waals surface area (Å²) in [6.45, 7) is 0. The molecular formula is C24H27N3O2S. The van der Waals surface area contributed by atoms with Crippen molar-refractivity contribution in [2.24, 2.45) is 0 Å². The molecule has 6 heteroatoms. The molecule has 0 unspecified atom stereocenters. The van der Waals surface area contributed by atoms with Crippen molar-refractivity contribution in [3.05, 3.63) is 71.8 Å². The Kier molecular flexibility index (Phi) is 7.74. The van der Waals surface area contributed by atoms with Crippen molar-refractivity contribution < 1.29 is 9.59 Å². The first-order valence-corrected chi connectivity index (χ1v) is 10.7. The van der Waals surface area contributed by atoms with Crippen molar-refractivity contribution in [3.63, 3.8) is 0 Å². The van der Waals surface area contributed by atoms with E-state index in [-0.39, 0.29) is 23.0 Å². The maximum atomic E-state index is 12.9. The highest BCUT2D eigenvalue weighted by Gasteiger charge is 2.21. The highest BCUT2D eigenvalue weighted by molar-refractivity contribution is 7.80. The molecule has 30 heavy (non-hydrogen) atoms. The van der Waals surface area contributed by atoms with Crippen LogP contribution in [0.5, 0.6) is 0 Å². The molecule has 1 aliphatic rings. The molecule has 0 spiro atoms. The highest BCUT2D eigenvalue weighted by atomic mass is 32.1. The molecule has 1 fully saturated rings. The highest BCUT2D eigenvalue weighted by Crippen LogP contribution is 2.22. The second kappa shape index (κ2) is 10.7. The van der Waals surface area contributed by atoms with E-state index in [0.717, 1.165) is 31.2 Å². The quantitative estimate of drug-likeness (QED) is 0.558. The van der Waals surface area contributed by atoms with Crippen LogP contribution in [0.25, 0.3) is 6.08 Å². The van der Waals surface area contributed by atoms with Crippen molar-refractivity contribution in [2.75, 3.05) is 11.9 Å². The fraction of sp³-hybridized carbons (Fsp3) is 0.292. The fourth-order valence-electron chi connectivity index (χ4n) is 3.54. The third-order valence-electron chi connectivity index (χ3n) is 5.21. The average Bonchev–Trinajstić information content (AvgIpc) is 2.78. The first kappa shape index (κ1) is 21.7. The van der Waals surface area contributed by atoms with Gasteiger partial charge in [0.25, 0.3) is 5.91 Å². The normalized spacial score (nSPS) is 14.3. The summed E-state index contributed by atoms with van der Waals surface area (Å²) < 4.78 is 0. The summed E-state index contributed by atoms with van der Waals surface area (Å²) in [7, 11) is 1.75. The van der Waals surface area contributed by atoms with Crippen LogP contribution in [0, 0.1) is 0 Å². The topological polar surface area (TPSA) is 61.4 Å². The van der Waals surface area contributed by atoms with Crippen LogP contribution < -0.4 is 15.5 Å². The van der Waals surface area contributed by atoms with E-state index in [0.29, 0.717) is 11.3 Å². The number of hydrogen-bond donors (Lipinski definition) is 2. The lowest BCUT2D eigenvalue weighted by Crippen LogP contribution is -2.41. The van der Waals surface area contributed by atoms with Crippen LogP contribution in [-0.4, -0.2) is 30.0 Å². The maximum absolute atomic E-state index is 12.9. The third kappa shape index (κ3) is 6.00. The van der Waals surface area contributed by atoms with Gasteiger partial charge in [0.15, 0.2) is 5.11 Å². The van der Waals surface area contributed by atoms with Gasteiger partial charge in [-0.15, -0.1) is 0 Å². The van der Waals surface area contributed by atoms with E-state index in [1.807, 2.05) is 48.5 Å². The third-order valence-corrected chi connectivity index (χ3v) is 5.59. The molecule has 2 aromatic carbocycles. The number of hydrogen-bond acceptors (Lipinski definition) is 3. The number of nitrogens with zero attached hydrogens (tertiary/aromatic N) is 1. The number of carbonyl (C=O) groups excluding carboxylic acids is 2. The zero-order chi connectivity index (χ0) is 21.3. The molecule has 0 heterocycles. The van der Waals surface area contributed by atoms with Gasteiger partial charge in [-0.05, 0) is 48.8 Å². The Hall–Kier alpha value is -2.99. The summed E-state index contributed by atoms with van der Waals surface area (Å²) in [5.74, 6) is -0.428. The zero-order valence-electron chi connectivity index (χ0n) is 17.1. The van der Waals surface area contributed by atoms with Crippen LogP contribution in [0.2, 0.25) is 0 Å². The molecule has 0 aliphatic heterocycles. The fourth-order valence-corrected chi connectivity index (χ4v) is 3.74. The molecule has 0 saturated heterocycles. The molecule has 0 radical (unpaired) electrons. The van der Waals surface area contributed by atoms with Gasteiger partial charge in [-0.1, -0.05) is 61.7 Å². The first-order chi connectivity index (χ1) is 14.5. The summed E-state index contributed by atoms with van der Waals surface area (Å²) in [6.07, 6.45) is 8.75. The van der Waals surface area contributed by atoms with Gasteiger partial charge in [0.2, 0.25) is 5.91 Å². The smallest absolute Gasteiger partial charge is 0.253 e. The number of para-hydroxylation sites is 1. The molecular weight excluding hydrogens is 394 g/mol. The van der Waals surface area contributed by atoms with E-state index in [9.17, 15) is 9.59 Å². The second-order valence-corrected chi connectivity index (χ2v) is 7.81. The van der Waals surface area contributed by atoms with Gasteiger partial charge in [0.05, 0.1) is 11.3 Å². The number of nitrogens with one attached hydrogen (secondary N) is 2. The number of thiocarbonyl (C=S) groups is 1. The molecule has 5 nitrogen and oxygen atoms in total. The van der Waals surface area contributed by atoms with Gasteiger partial charge in [-0.3, -0.25) is 14.9 Å². The summed E-state index contributed by atoms with van der Waals surface area (Å²) in [6, 6.07) is 17.1. The standard InChI is InChI=1S/C24H27N3O2S/c1-27(24(30)26-22(28)17-16-18-10-4-2-5-11-18)21-15-9-8-14-20(21)23(29)25-19-12-6-3-7-13-19/h2,4-5,8-11,14-17,19H,3,6-7,12-13H2,1H3,(H,25,29)(H,26,28,30)/b17-16+. The minimum atomic E-state index is -0.320. The van der Waals surface area contributed by atoms with Crippen molar-refractivity contribution in [3.8, 4) is 0 Å². The van der Waals surface area contributed by atoms with Crippen LogP contribution in [-0.2, 0) is 4.79 Å². The number of rotatable bonds is 5. The van der Waals surface area contributed by atoms with Crippen LogP contribution >= 0.6 is 12.2 Å². The first-order valence-electron chi connectivity index (χ1n) is 10.3. The Morgan fingerprint density at radius 2 is 1.67 bits per heavy atom. The van der Waals surface area contributed by atoms with Crippen LogP contribution in [0.4, 0.5) is 5.69 Å². The largest absolute Gasteiger partial charge is 0.349 e. The molecule has 1 aliphatic carbocycles. The van der Waals surface area contributed by atoms with E-state index in [1.54, 1.807) is 24.1 Å². The number of benzene rings is 2. The van der Waals surface area contributed by atoms with Gasteiger partial charge >= 0.3 is 0 Å².